The van der Waals surface area contributed by atoms with Gasteiger partial charge in [0.15, 0.2) is 0 Å². The minimum atomic E-state index is -0.283. The van der Waals surface area contributed by atoms with Crippen LogP contribution in [0, 0.1) is 0 Å². The van der Waals surface area contributed by atoms with E-state index in [4.69, 9.17) is 10.5 Å². The molecule has 0 amide bonds. The average molecular weight is 233 g/mol. The van der Waals surface area contributed by atoms with Crippen molar-refractivity contribution in [1.82, 2.24) is 9.97 Å². The van der Waals surface area contributed by atoms with Gasteiger partial charge in [0.25, 0.3) is 0 Å². The first-order valence-corrected chi connectivity index (χ1v) is 5.62. The van der Waals surface area contributed by atoms with Crippen molar-refractivity contribution in [2.75, 3.05) is 13.2 Å². The number of aromatic nitrogens is 2. The number of benzene rings is 1. The molecular formula is C12H15N3O2. The first-order chi connectivity index (χ1) is 8.09. The Kier molecular flexibility index (Phi) is 2.14. The van der Waals surface area contributed by atoms with Crippen molar-refractivity contribution in [2.24, 2.45) is 5.73 Å². The summed E-state index contributed by atoms with van der Waals surface area (Å²) in [5.74, 6) is 1.05. The zero-order valence-electron chi connectivity index (χ0n) is 9.60. The molecule has 5 heteroatoms. The van der Waals surface area contributed by atoms with E-state index in [9.17, 15) is 5.11 Å². The Labute approximate surface area is 98.6 Å². The summed E-state index contributed by atoms with van der Waals surface area (Å²) in [5, 5.41) is 9.42. The molecule has 1 aliphatic rings. The number of imidazole rings is 1. The largest absolute Gasteiger partial charge is 0.508 e. The third kappa shape index (κ3) is 1.50. The highest BCUT2D eigenvalue weighted by Crippen LogP contribution is 2.31. The number of phenols is 1. The molecule has 2 heterocycles. The van der Waals surface area contributed by atoms with E-state index >= 15 is 0 Å². The van der Waals surface area contributed by atoms with E-state index in [0.717, 1.165) is 16.9 Å². The minimum absolute atomic E-state index is 0.0586. The van der Waals surface area contributed by atoms with E-state index < -0.39 is 0 Å². The van der Waals surface area contributed by atoms with E-state index in [0.29, 0.717) is 13.2 Å². The third-order valence-electron chi connectivity index (χ3n) is 3.52. The van der Waals surface area contributed by atoms with E-state index in [-0.39, 0.29) is 17.2 Å². The minimum Gasteiger partial charge on any atom is -0.508 e. The molecule has 3 rings (SSSR count). The maximum atomic E-state index is 9.42. The maximum absolute atomic E-state index is 9.42. The predicted octanol–water partition coefficient (Wildman–Crippen LogP) is 0.884. The van der Waals surface area contributed by atoms with Gasteiger partial charge in [0.2, 0.25) is 0 Å². The third-order valence-corrected chi connectivity index (χ3v) is 3.52. The Morgan fingerprint density at radius 3 is 3.12 bits per heavy atom. The van der Waals surface area contributed by atoms with Gasteiger partial charge >= 0.3 is 0 Å². The van der Waals surface area contributed by atoms with Gasteiger partial charge < -0.3 is 20.6 Å². The van der Waals surface area contributed by atoms with E-state index in [1.807, 2.05) is 6.92 Å². The van der Waals surface area contributed by atoms with Gasteiger partial charge in [-0.3, -0.25) is 0 Å². The Bertz CT molecular complexity index is 566. The van der Waals surface area contributed by atoms with Crippen molar-refractivity contribution in [3.63, 3.8) is 0 Å². The van der Waals surface area contributed by atoms with Crippen LogP contribution in [-0.4, -0.2) is 34.3 Å². The van der Waals surface area contributed by atoms with Crippen LogP contribution in [-0.2, 0) is 10.2 Å². The van der Waals surface area contributed by atoms with Crippen LogP contribution in [0.2, 0.25) is 0 Å². The molecule has 1 saturated heterocycles. The molecule has 0 saturated carbocycles. The summed E-state index contributed by atoms with van der Waals surface area (Å²) in [5.41, 5.74) is 7.43. The molecule has 90 valence electrons. The summed E-state index contributed by atoms with van der Waals surface area (Å²) in [7, 11) is 0. The fourth-order valence-corrected chi connectivity index (χ4v) is 2.20. The molecule has 0 spiro atoms. The fourth-order valence-electron chi connectivity index (χ4n) is 2.20. The smallest absolute Gasteiger partial charge is 0.117 e. The first kappa shape index (κ1) is 10.6. The molecule has 2 atom stereocenters. The van der Waals surface area contributed by atoms with Crippen molar-refractivity contribution in [2.45, 2.75) is 18.4 Å². The number of rotatable bonds is 1. The van der Waals surface area contributed by atoms with Gasteiger partial charge in [-0.05, 0) is 19.1 Å². The van der Waals surface area contributed by atoms with E-state index in [1.54, 1.807) is 18.2 Å². The Morgan fingerprint density at radius 2 is 2.41 bits per heavy atom. The summed E-state index contributed by atoms with van der Waals surface area (Å²) in [6.45, 7) is 3.17. The van der Waals surface area contributed by atoms with Crippen molar-refractivity contribution in [1.29, 1.82) is 0 Å². The van der Waals surface area contributed by atoms with E-state index in [2.05, 4.69) is 9.97 Å². The molecule has 1 aliphatic heterocycles. The molecule has 0 bridgehead atoms. The molecule has 1 aromatic carbocycles. The highest BCUT2D eigenvalue weighted by Gasteiger charge is 2.41. The van der Waals surface area contributed by atoms with Crippen molar-refractivity contribution < 1.29 is 9.84 Å². The molecule has 1 aromatic heterocycles. The van der Waals surface area contributed by atoms with Crippen LogP contribution in [0.3, 0.4) is 0 Å². The van der Waals surface area contributed by atoms with Crippen LogP contribution < -0.4 is 5.73 Å². The molecule has 0 radical (unpaired) electrons. The number of H-pyrrole nitrogens is 1. The van der Waals surface area contributed by atoms with Gasteiger partial charge in [-0.1, -0.05) is 0 Å². The molecular weight excluding hydrogens is 218 g/mol. The Hall–Kier alpha value is -1.59. The zero-order valence-corrected chi connectivity index (χ0v) is 9.60. The standard InChI is InChI=1S/C12H15N3O2/c1-12(6-17-5-10(12)13)11-14-8-3-2-7(16)4-9(8)15-11/h2-4,10,16H,5-6,13H2,1H3,(H,14,15). The monoisotopic (exact) mass is 233 g/mol. The topological polar surface area (TPSA) is 84.2 Å². The summed E-state index contributed by atoms with van der Waals surface area (Å²) in [6, 6.07) is 5.02. The van der Waals surface area contributed by atoms with Crippen molar-refractivity contribution in [3.8, 4) is 5.75 Å². The molecule has 5 nitrogen and oxygen atoms in total. The van der Waals surface area contributed by atoms with Gasteiger partial charge in [-0.25, -0.2) is 4.98 Å². The SMILES string of the molecule is CC1(c2nc3ccc(O)cc3[nH]2)COCC1N. The van der Waals surface area contributed by atoms with E-state index in [1.165, 1.54) is 0 Å². The van der Waals surface area contributed by atoms with Gasteiger partial charge in [0.05, 0.1) is 29.7 Å². The number of hydrogen-bond acceptors (Lipinski definition) is 4. The average Bonchev–Trinajstić information content (AvgIpc) is 2.84. The lowest BCUT2D eigenvalue weighted by Gasteiger charge is -2.23. The Balaban J connectivity index is 2.12. The van der Waals surface area contributed by atoms with Crippen LogP contribution in [0.15, 0.2) is 18.2 Å². The highest BCUT2D eigenvalue weighted by molar-refractivity contribution is 5.77. The number of fused-ring (bicyclic) bond motifs is 1. The fraction of sp³-hybridized carbons (Fsp3) is 0.417. The molecule has 4 N–H and O–H groups in total. The second kappa shape index (κ2) is 3.45. The van der Waals surface area contributed by atoms with Crippen LogP contribution >= 0.6 is 0 Å². The molecule has 2 unspecified atom stereocenters. The van der Waals surface area contributed by atoms with Crippen molar-refractivity contribution in [3.05, 3.63) is 24.0 Å². The molecule has 2 aromatic rings. The lowest BCUT2D eigenvalue weighted by molar-refractivity contribution is 0.178. The van der Waals surface area contributed by atoms with Crippen LogP contribution in [0.4, 0.5) is 0 Å². The summed E-state index contributed by atoms with van der Waals surface area (Å²) >= 11 is 0. The number of nitrogens with zero attached hydrogens (tertiary/aromatic N) is 1. The predicted molar refractivity (Wildman–Crippen MR) is 63.9 cm³/mol. The van der Waals surface area contributed by atoms with Gasteiger partial charge in [-0.2, -0.15) is 0 Å². The summed E-state index contributed by atoms with van der Waals surface area (Å²) < 4.78 is 5.41. The number of nitrogens with one attached hydrogen (secondary N) is 1. The van der Waals surface area contributed by atoms with Gasteiger partial charge in [0.1, 0.15) is 11.6 Å². The number of phenolic OH excluding ortho intramolecular Hbond substituents is 1. The van der Waals surface area contributed by atoms with Crippen LogP contribution in [0.5, 0.6) is 5.75 Å². The van der Waals surface area contributed by atoms with Crippen molar-refractivity contribution >= 4 is 11.0 Å². The number of hydrogen-bond donors (Lipinski definition) is 3. The number of ether oxygens (including phenoxy) is 1. The second-order valence-corrected chi connectivity index (χ2v) is 4.83. The Morgan fingerprint density at radius 1 is 1.59 bits per heavy atom. The lowest BCUT2D eigenvalue weighted by Crippen LogP contribution is -2.42. The first-order valence-electron chi connectivity index (χ1n) is 5.62. The lowest BCUT2D eigenvalue weighted by atomic mass is 9.85. The second-order valence-electron chi connectivity index (χ2n) is 4.83. The van der Waals surface area contributed by atoms with Gasteiger partial charge in [-0.15, -0.1) is 0 Å². The summed E-state index contributed by atoms with van der Waals surface area (Å²) in [4.78, 5) is 7.75. The quantitative estimate of drug-likeness (QED) is 0.682. The molecule has 0 aliphatic carbocycles. The summed E-state index contributed by atoms with van der Waals surface area (Å²) in [6.07, 6.45) is 0. The molecule has 17 heavy (non-hydrogen) atoms. The van der Waals surface area contributed by atoms with Crippen LogP contribution in [0.1, 0.15) is 12.7 Å². The number of nitrogens with two attached hydrogens (primary N) is 1. The normalized spacial score (nSPS) is 28.9. The highest BCUT2D eigenvalue weighted by atomic mass is 16.5. The van der Waals surface area contributed by atoms with Crippen LogP contribution in [0.25, 0.3) is 11.0 Å². The zero-order chi connectivity index (χ0) is 12.0. The number of aromatic amines is 1. The van der Waals surface area contributed by atoms with Gasteiger partial charge in [0, 0.05) is 12.1 Å². The molecule has 1 fully saturated rings. The number of aromatic hydroxyl groups is 1. The maximum Gasteiger partial charge on any atom is 0.117 e.